The van der Waals surface area contributed by atoms with Crippen molar-refractivity contribution in [2.75, 3.05) is 13.6 Å². The predicted octanol–water partition coefficient (Wildman–Crippen LogP) is 1.16. The lowest BCUT2D eigenvalue weighted by Crippen LogP contribution is -2.37. The summed E-state index contributed by atoms with van der Waals surface area (Å²) in [6, 6.07) is 3.30. The topological polar surface area (TPSA) is 92.9 Å². The van der Waals surface area contributed by atoms with Gasteiger partial charge in [0.1, 0.15) is 6.04 Å². The quantitative estimate of drug-likeness (QED) is 0.829. The van der Waals surface area contributed by atoms with E-state index in [2.05, 4.69) is 25.8 Å². The Morgan fingerprint density at radius 1 is 1.33 bits per heavy atom. The summed E-state index contributed by atoms with van der Waals surface area (Å²) in [5.41, 5.74) is 0.823. The van der Waals surface area contributed by atoms with Crippen LogP contribution in [0.25, 0.3) is 11.4 Å². The van der Waals surface area contributed by atoms with Crippen LogP contribution < -0.4 is 10.6 Å². The van der Waals surface area contributed by atoms with Gasteiger partial charge in [0.2, 0.25) is 17.6 Å². The summed E-state index contributed by atoms with van der Waals surface area (Å²) in [5, 5.41) is 9.66. The lowest BCUT2D eigenvalue weighted by atomic mass is 10.0. The van der Waals surface area contributed by atoms with Crippen molar-refractivity contribution in [1.82, 2.24) is 25.8 Å². The minimum Gasteiger partial charge on any atom is -0.343 e. The standard InChI is InChI=1S/C14H19N5O2/c1-9(2)12(17-11(20)8-15-3)14-18-13(19-21-14)10-4-6-16-7-5-10/h4-7,9,12,15H,8H2,1-3H3,(H,17,20). The Kier molecular flexibility index (Phi) is 4.99. The van der Waals surface area contributed by atoms with Crippen LogP contribution in [-0.4, -0.2) is 34.6 Å². The minimum absolute atomic E-state index is 0.111. The highest BCUT2D eigenvalue weighted by molar-refractivity contribution is 5.78. The maximum absolute atomic E-state index is 11.7. The first kappa shape index (κ1) is 15.1. The maximum atomic E-state index is 11.7. The van der Waals surface area contributed by atoms with Gasteiger partial charge in [-0.3, -0.25) is 9.78 Å². The molecule has 2 heterocycles. The minimum atomic E-state index is -0.311. The van der Waals surface area contributed by atoms with E-state index >= 15 is 0 Å². The molecule has 1 amide bonds. The normalized spacial score (nSPS) is 12.4. The van der Waals surface area contributed by atoms with Crippen molar-refractivity contribution in [3.05, 3.63) is 30.4 Å². The first-order valence-electron chi connectivity index (χ1n) is 6.79. The number of carbonyl (C=O) groups is 1. The zero-order valence-corrected chi connectivity index (χ0v) is 12.3. The highest BCUT2D eigenvalue weighted by Gasteiger charge is 2.24. The first-order chi connectivity index (χ1) is 10.1. The van der Waals surface area contributed by atoms with E-state index in [4.69, 9.17) is 4.52 Å². The van der Waals surface area contributed by atoms with Crippen LogP contribution in [0.5, 0.6) is 0 Å². The van der Waals surface area contributed by atoms with Gasteiger partial charge in [0.05, 0.1) is 6.54 Å². The second-order valence-electron chi connectivity index (χ2n) is 5.01. The Hall–Kier alpha value is -2.28. The molecule has 21 heavy (non-hydrogen) atoms. The van der Waals surface area contributed by atoms with E-state index < -0.39 is 0 Å². The molecule has 0 aromatic carbocycles. The fourth-order valence-corrected chi connectivity index (χ4v) is 1.88. The van der Waals surface area contributed by atoms with Gasteiger partial charge >= 0.3 is 0 Å². The van der Waals surface area contributed by atoms with Gasteiger partial charge in [0.25, 0.3) is 0 Å². The zero-order chi connectivity index (χ0) is 15.2. The Balaban J connectivity index is 2.18. The number of likely N-dealkylation sites (N-methyl/N-ethyl adjacent to an activating group) is 1. The van der Waals surface area contributed by atoms with Crippen LogP contribution in [0.1, 0.15) is 25.8 Å². The number of aromatic nitrogens is 3. The zero-order valence-electron chi connectivity index (χ0n) is 12.3. The van der Waals surface area contributed by atoms with Gasteiger partial charge < -0.3 is 15.2 Å². The summed E-state index contributed by atoms with van der Waals surface area (Å²) in [6.45, 7) is 4.22. The van der Waals surface area contributed by atoms with Gasteiger partial charge in [-0.15, -0.1) is 0 Å². The molecule has 0 aliphatic rings. The van der Waals surface area contributed by atoms with Crippen molar-refractivity contribution in [3.63, 3.8) is 0 Å². The molecule has 7 heteroatoms. The van der Waals surface area contributed by atoms with Gasteiger partial charge in [-0.05, 0) is 25.1 Å². The summed E-state index contributed by atoms with van der Waals surface area (Å²) < 4.78 is 5.30. The summed E-state index contributed by atoms with van der Waals surface area (Å²) >= 11 is 0. The second kappa shape index (κ2) is 6.94. The van der Waals surface area contributed by atoms with Crippen LogP contribution in [0.4, 0.5) is 0 Å². The maximum Gasteiger partial charge on any atom is 0.249 e. The van der Waals surface area contributed by atoms with Crippen LogP contribution in [0, 0.1) is 5.92 Å². The number of rotatable bonds is 6. The van der Waals surface area contributed by atoms with Crippen LogP contribution in [0.15, 0.2) is 29.0 Å². The van der Waals surface area contributed by atoms with Crippen molar-refractivity contribution in [1.29, 1.82) is 0 Å². The number of carbonyl (C=O) groups excluding carboxylic acids is 1. The molecule has 0 saturated carbocycles. The third kappa shape index (κ3) is 3.85. The molecule has 0 aliphatic carbocycles. The van der Waals surface area contributed by atoms with Crippen LogP contribution in [0.3, 0.4) is 0 Å². The highest BCUT2D eigenvalue weighted by atomic mass is 16.5. The van der Waals surface area contributed by atoms with Crippen molar-refractivity contribution in [3.8, 4) is 11.4 Å². The Labute approximate surface area is 123 Å². The molecule has 2 aromatic rings. The smallest absolute Gasteiger partial charge is 0.249 e. The number of pyridine rings is 1. The molecule has 0 spiro atoms. The second-order valence-corrected chi connectivity index (χ2v) is 5.01. The van der Waals surface area contributed by atoms with Crippen molar-refractivity contribution in [2.24, 2.45) is 5.92 Å². The lowest BCUT2D eigenvalue weighted by Gasteiger charge is -2.18. The van der Waals surface area contributed by atoms with Crippen molar-refractivity contribution in [2.45, 2.75) is 19.9 Å². The van der Waals surface area contributed by atoms with Gasteiger partial charge in [-0.1, -0.05) is 19.0 Å². The molecule has 1 atom stereocenters. The van der Waals surface area contributed by atoms with Crippen molar-refractivity contribution >= 4 is 5.91 Å². The largest absolute Gasteiger partial charge is 0.343 e. The van der Waals surface area contributed by atoms with Gasteiger partial charge in [-0.2, -0.15) is 4.98 Å². The Morgan fingerprint density at radius 2 is 2.05 bits per heavy atom. The average molecular weight is 289 g/mol. The molecule has 0 fully saturated rings. The van der Waals surface area contributed by atoms with Crippen molar-refractivity contribution < 1.29 is 9.32 Å². The number of hydrogen-bond acceptors (Lipinski definition) is 6. The molecule has 2 rings (SSSR count). The lowest BCUT2D eigenvalue weighted by molar-refractivity contribution is -0.121. The summed E-state index contributed by atoms with van der Waals surface area (Å²) in [4.78, 5) is 20.1. The van der Waals surface area contributed by atoms with Crippen LogP contribution >= 0.6 is 0 Å². The van der Waals surface area contributed by atoms with Gasteiger partial charge in [-0.25, -0.2) is 0 Å². The van der Waals surface area contributed by atoms with E-state index in [0.29, 0.717) is 11.7 Å². The molecule has 2 aromatic heterocycles. The number of nitrogens with one attached hydrogen (secondary N) is 2. The Bertz CT molecular complexity index is 582. The summed E-state index contributed by atoms with van der Waals surface area (Å²) in [5.74, 6) is 0.915. The molecule has 0 aliphatic heterocycles. The molecular weight excluding hydrogens is 270 g/mol. The molecule has 1 unspecified atom stereocenters. The number of hydrogen-bond donors (Lipinski definition) is 2. The van der Waals surface area contributed by atoms with Gasteiger partial charge in [0.15, 0.2) is 0 Å². The fourth-order valence-electron chi connectivity index (χ4n) is 1.88. The van der Waals surface area contributed by atoms with E-state index in [1.165, 1.54) is 0 Å². The monoisotopic (exact) mass is 289 g/mol. The number of nitrogens with zero attached hydrogens (tertiary/aromatic N) is 3. The van der Waals surface area contributed by atoms with E-state index in [1.54, 1.807) is 31.6 Å². The molecular formula is C14H19N5O2. The number of amides is 1. The fraction of sp³-hybridized carbons (Fsp3) is 0.429. The predicted molar refractivity (Wildman–Crippen MR) is 77.2 cm³/mol. The molecule has 2 N–H and O–H groups in total. The van der Waals surface area contributed by atoms with E-state index in [1.807, 2.05) is 13.8 Å². The SMILES string of the molecule is CNCC(=O)NC(c1nc(-c2ccncc2)no1)C(C)C. The molecule has 0 saturated heterocycles. The third-order valence-electron chi connectivity index (χ3n) is 2.97. The van der Waals surface area contributed by atoms with E-state index in [0.717, 1.165) is 5.56 Å². The highest BCUT2D eigenvalue weighted by Crippen LogP contribution is 2.23. The molecule has 0 radical (unpaired) electrons. The van der Waals surface area contributed by atoms with Crippen LogP contribution in [0.2, 0.25) is 0 Å². The third-order valence-corrected chi connectivity index (χ3v) is 2.97. The van der Waals surface area contributed by atoms with E-state index in [9.17, 15) is 4.79 Å². The first-order valence-corrected chi connectivity index (χ1v) is 6.79. The van der Waals surface area contributed by atoms with Crippen LogP contribution in [-0.2, 0) is 4.79 Å². The molecule has 112 valence electrons. The summed E-state index contributed by atoms with van der Waals surface area (Å²) in [7, 11) is 1.72. The van der Waals surface area contributed by atoms with E-state index in [-0.39, 0.29) is 24.4 Å². The van der Waals surface area contributed by atoms with Gasteiger partial charge in [0, 0.05) is 18.0 Å². The molecule has 7 nitrogen and oxygen atoms in total. The molecule has 0 bridgehead atoms. The average Bonchev–Trinajstić information content (AvgIpc) is 2.95. The Morgan fingerprint density at radius 3 is 2.67 bits per heavy atom. The summed E-state index contributed by atoms with van der Waals surface area (Å²) in [6.07, 6.45) is 3.33.